The molecule has 4 aromatic rings. The zero-order valence-corrected chi connectivity index (χ0v) is 16.5. The second kappa shape index (κ2) is 6.91. The molecule has 7 nitrogen and oxygen atoms in total. The van der Waals surface area contributed by atoms with E-state index in [1.54, 1.807) is 26.3 Å². The molecule has 1 aliphatic heterocycles. The number of aryl methyl sites for hydroxylation is 2. The average molecular weight is 403 g/mol. The summed E-state index contributed by atoms with van der Waals surface area (Å²) in [5.41, 5.74) is 6.01. The highest BCUT2D eigenvalue weighted by molar-refractivity contribution is 5.91. The van der Waals surface area contributed by atoms with E-state index in [0.29, 0.717) is 23.8 Å². The van der Waals surface area contributed by atoms with Crippen LogP contribution >= 0.6 is 0 Å². The lowest BCUT2D eigenvalue weighted by molar-refractivity contribution is 0.111. The molecule has 1 aliphatic rings. The number of benzene rings is 2. The number of carbonyl (C=O) groups is 1. The minimum Gasteiger partial charge on any atom is -0.496 e. The Balaban J connectivity index is 1.77. The van der Waals surface area contributed by atoms with Gasteiger partial charge in [0.1, 0.15) is 11.6 Å². The largest absolute Gasteiger partial charge is 0.496 e. The van der Waals surface area contributed by atoms with Gasteiger partial charge in [-0.05, 0) is 53.1 Å². The average Bonchev–Trinajstić information content (AvgIpc) is 3.37. The van der Waals surface area contributed by atoms with E-state index in [0.717, 1.165) is 46.2 Å². The Kier molecular flexibility index (Phi) is 4.20. The topological polar surface area (TPSA) is 74.8 Å². The van der Waals surface area contributed by atoms with Crippen molar-refractivity contribution in [3.8, 4) is 39.5 Å². The normalized spacial score (nSPS) is 12.4. The summed E-state index contributed by atoms with van der Waals surface area (Å²) < 4.78 is 21.1. The van der Waals surface area contributed by atoms with Crippen molar-refractivity contribution < 1.29 is 13.9 Å². The second-order valence-corrected chi connectivity index (χ2v) is 7.17. The number of methoxy groups -OCH3 is 1. The lowest BCUT2D eigenvalue weighted by Gasteiger charge is -2.23. The van der Waals surface area contributed by atoms with E-state index in [1.807, 2.05) is 22.8 Å². The van der Waals surface area contributed by atoms with Gasteiger partial charge >= 0.3 is 0 Å². The van der Waals surface area contributed by atoms with Crippen LogP contribution in [0.3, 0.4) is 0 Å². The SMILES string of the molecule is COc1cc2c(cc1-c1nnn(C)n1)-c1c(-c3ccc(F)cc3)cc(C=O)n1CC2. The number of aldehydes is 1. The van der Waals surface area contributed by atoms with Crippen LogP contribution < -0.4 is 4.74 Å². The summed E-state index contributed by atoms with van der Waals surface area (Å²) in [4.78, 5) is 13.1. The minimum absolute atomic E-state index is 0.302. The maximum absolute atomic E-state index is 13.5. The van der Waals surface area contributed by atoms with Gasteiger partial charge in [-0.25, -0.2) is 4.39 Å². The van der Waals surface area contributed by atoms with E-state index in [9.17, 15) is 9.18 Å². The van der Waals surface area contributed by atoms with Gasteiger partial charge in [0.2, 0.25) is 5.82 Å². The van der Waals surface area contributed by atoms with Gasteiger partial charge in [0.15, 0.2) is 6.29 Å². The Labute approximate surface area is 171 Å². The Morgan fingerprint density at radius 3 is 2.57 bits per heavy atom. The standard InChI is InChI=1S/C22H18FN5O2/c1-27-25-22(24-26-27)19-11-18-14(9-20(19)30-2)7-8-28-16(12-29)10-17(21(18)28)13-3-5-15(23)6-4-13/h3-6,9-12H,7-8H2,1-2H3. The van der Waals surface area contributed by atoms with Crippen molar-refractivity contribution in [2.45, 2.75) is 13.0 Å². The number of hydrogen-bond donors (Lipinski definition) is 0. The first-order valence-corrected chi connectivity index (χ1v) is 9.49. The minimum atomic E-state index is -0.302. The first-order chi connectivity index (χ1) is 14.6. The maximum Gasteiger partial charge on any atom is 0.208 e. The number of tetrazole rings is 1. The molecule has 0 bridgehead atoms. The predicted octanol–water partition coefficient (Wildman–Crippen LogP) is 3.53. The van der Waals surface area contributed by atoms with E-state index in [4.69, 9.17) is 4.74 Å². The Morgan fingerprint density at radius 2 is 1.90 bits per heavy atom. The zero-order valence-electron chi connectivity index (χ0n) is 16.5. The fraction of sp³-hybridized carbons (Fsp3) is 0.182. The van der Waals surface area contributed by atoms with Crippen LogP contribution in [0.15, 0.2) is 42.5 Å². The molecule has 3 heterocycles. The lowest BCUT2D eigenvalue weighted by Crippen LogP contribution is -2.13. The van der Waals surface area contributed by atoms with Gasteiger partial charge in [0.25, 0.3) is 0 Å². The monoisotopic (exact) mass is 403 g/mol. The third-order valence-electron chi connectivity index (χ3n) is 5.44. The number of halogens is 1. The Bertz CT molecular complexity index is 1270. The maximum atomic E-state index is 13.5. The third-order valence-corrected chi connectivity index (χ3v) is 5.44. The summed E-state index contributed by atoms with van der Waals surface area (Å²) in [6.07, 6.45) is 1.61. The number of nitrogens with zero attached hydrogens (tertiary/aromatic N) is 5. The highest BCUT2D eigenvalue weighted by Gasteiger charge is 2.26. The number of aromatic nitrogens is 5. The fourth-order valence-corrected chi connectivity index (χ4v) is 4.06. The fourth-order valence-electron chi connectivity index (χ4n) is 4.06. The van der Waals surface area contributed by atoms with Crippen molar-refractivity contribution in [2.75, 3.05) is 7.11 Å². The molecule has 0 saturated carbocycles. The molecule has 0 amide bonds. The molecule has 0 unspecified atom stereocenters. The summed E-state index contributed by atoms with van der Waals surface area (Å²) in [6, 6.07) is 12.1. The highest BCUT2D eigenvalue weighted by Crippen LogP contribution is 2.43. The molecule has 150 valence electrons. The number of rotatable bonds is 4. The van der Waals surface area contributed by atoms with Crippen LogP contribution in [0.4, 0.5) is 4.39 Å². The molecule has 0 atom stereocenters. The highest BCUT2D eigenvalue weighted by atomic mass is 19.1. The number of ether oxygens (including phenoxy) is 1. The lowest BCUT2D eigenvalue weighted by atomic mass is 9.91. The van der Waals surface area contributed by atoms with E-state index in [-0.39, 0.29) is 5.82 Å². The molecule has 0 saturated heterocycles. The van der Waals surface area contributed by atoms with E-state index >= 15 is 0 Å². The summed E-state index contributed by atoms with van der Waals surface area (Å²) in [5, 5.41) is 12.4. The molecule has 5 rings (SSSR count). The van der Waals surface area contributed by atoms with Crippen molar-refractivity contribution in [1.29, 1.82) is 0 Å². The van der Waals surface area contributed by atoms with Crippen molar-refractivity contribution in [3.63, 3.8) is 0 Å². The summed E-state index contributed by atoms with van der Waals surface area (Å²) in [6.45, 7) is 0.670. The first-order valence-electron chi connectivity index (χ1n) is 9.49. The molecule has 0 spiro atoms. The van der Waals surface area contributed by atoms with E-state index < -0.39 is 0 Å². The van der Waals surface area contributed by atoms with Crippen LogP contribution in [-0.4, -0.2) is 38.2 Å². The summed E-state index contributed by atoms with van der Waals surface area (Å²) in [7, 11) is 3.32. The van der Waals surface area contributed by atoms with Gasteiger partial charge in [0.05, 0.1) is 31.1 Å². The van der Waals surface area contributed by atoms with Crippen LogP contribution in [0, 0.1) is 5.82 Å². The molecule has 0 fully saturated rings. The Hall–Kier alpha value is -3.81. The summed E-state index contributed by atoms with van der Waals surface area (Å²) in [5.74, 6) is 0.823. The zero-order chi connectivity index (χ0) is 20.8. The number of hydrogen-bond acceptors (Lipinski definition) is 5. The third kappa shape index (κ3) is 2.80. The van der Waals surface area contributed by atoms with Gasteiger partial charge < -0.3 is 9.30 Å². The van der Waals surface area contributed by atoms with E-state index in [2.05, 4.69) is 15.4 Å². The molecule has 8 heteroatoms. The van der Waals surface area contributed by atoms with Crippen LogP contribution in [0.2, 0.25) is 0 Å². The molecule has 30 heavy (non-hydrogen) atoms. The second-order valence-electron chi connectivity index (χ2n) is 7.17. The molecular weight excluding hydrogens is 385 g/mol. The van der Waals surface area contributed by atoms with Gasteiger partial charge in [0, 0.05) is 17.7 Å². The van der Waals surface area contributed by atoms with Gasteiger partial charge in [-0.15, -0.1) is 10.2 Å². The van der Waals surface area contributed by atoms with Crippen LogP contribution in [0.1, 0.15) is 16.1 Å². The van der Waals surface area contributed by atoms with Gasteiger partial charge in [-0.1, -0.05) is 12.1 Å². The molecule has 0 radical (unpaired) electrons. The van der Waals surface area contributed by atoms with Crippen LogP contribution in [0.5, 0.6) is 5.75 Å². The van der Waals surface area contributed by atoms with Crippen molar-refractivity contribution in [1.82, 2.24) is 24.8 Å². The van der Waals surface area contributed by atoms with Crippen molar-refractivity contribution >= 4 is 6.29 Å². The van der Waals surface area contributed by atoms with Gasteiger partial charge in [-0.2, -0.15) is 4.80 Å². The molecular formula is C22H18FN5O2. The van der Waals surface area contributed by atoms with Crippen LogP contribution in [0.25, 0.3) is 33.8 Å². The Morgan fingerprint density at radius 1 is 1.10 bits per heavy atom. The van der Waals surface area contributed by atoms with E-state index in [1.165, 1.54) is 16.9 Å². The molecule has 2 aromatic heterocycles. The van der Waals surface area contributed by atoms with Gasteiger partial charge in [-0.3, -0.25) is 4.79 Å². The quantitative estimate of drug-likeness (QED) is 0.488. The first kappa shape index (κ1) is 18.2. The smallest absolute Gasteiger partial charge is 0.208 e. The summed E-state index contributed by atoms with van der Waals surface area (Å²) >= 11 is 0. The number of fused-ring (bicyclic) bond motifs is 3. The molecule has 2 aromatic carbocycles. The van der Waals surface area contributed by atoms with Crippen LogP contribution in [-0.2, 0) is 20.0 Å². The van der Waals surface area contributed by atoms with Crippen molar-refractivity contribution in [2.24, 2.45) is 7.05 Å². The molecule has 0 N–H and O–H groups in total. The molecule has 0 aliphatic carbocycles. The van der Waals surface area contributed by atoms with Crippen molar-refractivity contribution in [3.05, 3.63) is 59.5 Å². The number of carbonyl (C=O) groups excluding carboxylic acids is 1. The predicted molar refractivity (Wildman–Crippen MR) is 109 cm³/mol.